The molecule has 1 aromatic carbocycles. The van der Waals surface area contributed by atoms with E-state index in [0.29, 0.717) is 19.0 Å². The van der Waals surface area contributed by atoms with Gasteiger partial charge in [0.1, 0.15) is 6.04 Å². The first kappa shape index (κ1) is 17.9. The predicted octanol–water partition coefficient (Wildman–Crippen LogP) is 2.68. The molecule has 1 heterocycles. The molecule has 0 aliphatic heterocycles. The first-order valence-corrected chi connectivity index (χ1v) is 8.15. The van der Waals surface area contributed by atoms with Gasteiger partial charge in [0.05, 0.1) is 0 Å². The molecular weight excluding hydrogens is 304 g/mol. The molecule has 0 aliphatic rings. The van der Waals surface area contributed by atoms with Crippen molar-refractivity contribution in [3.05, 3.63) is 53.9 Å². The third-order valence-corrected chi connectivity index (χ3v) is 4.00. The van der Waals surface area contributed by atoms with Gasteiger partial charge in [-0.15, -0.1) is 0 Å². The van der Waals surface area contributed by atoms with E-state index in [-0.39, 0.29) is 5.92 Å². The SMILES string of the molecule is CC[C@@H](C)[C@H](NCc1cnc(NCc2ccccc2)nc1)C(=O)O. The average Bonchev–Trinajstić information content (AvgIpc) is 2.61. The van der Waals surface area contributed by atoms with E-state index in [9.17, 15) is 9.90 Å². The zero-order chi connectivity index (χ0) is 17.4. The van der Waals surface area contributed by atoms with Crippen LogP contribution in [-0.4, -0.2) is 27.1 Å². The monoisotopic (exact) mass is 328 g/mol. The standard InChI is InChI=1S/C18H24N4O2/c1-3-13(2)16(17(23)24)19-10-15-11-21-18(22-12-15)20-9-14-7-5-4-6-8-14/h4-8,11-13,16,19H,3,9-10H2,1-2H3,(H,23,24)(H,20,21,22)/t13-,16+/m1/s1. The number of carboxylic acids is 1. The van der Waals surface area contributed by atoms with Crippen LogP contribution in [0.4, 0.5) is 5.95 Å². The van der Waals surface area contributed by atoms with Crippen molar-refractivity contribution in [2.24, 2.45) is 5.92 Å². The highest BCUT2D eigenvalue weighted by molar-refractivity contribution is 5.73. The van der Waals surface area contributed by atoms with Gasteiger partial charge in [-0.1, -0.05) is 50.6 Å². The summed E-state index contributed by atoms with van der Waals surface area (Å²) in [6.07, 6.45) is 4.23. The molecule has 0 aliphatic carbocycles. The van der Waals surface area contributed by atoms with Crippen LogP contribution in [0.2, 0.25) is 0 Å². The fourth-order valence-corrected chi connectivity index (χ4v) is 2.31. The molecule has 0 spiro atoms. The lowest BCUT2D eigenvalue weighted by Crippen LogP contribution is -2.41. The zero-order valence-corrected chi connectivity index (χ0v) is 14.1. The van der Waals surface area contributed by atoms with Crippen LogP contribution < -0.4 is 10.6 Å². The molecule has 0 unspecified atom stereocenters. The van der Waals surface area contributed by atoms with Gasteiger partial charge in [-0.05, 0) is 11.5 Å². The van der Waals surface area contributed by atoms with Crippen LogP contribution in [0.15, 0.2) is 42.7 Å². The largest absolute Gasteiger partial charge is 0.480 e. The third-order valence-electron chi connectivity index (χ3n) is 4.00. The lowest BCUT2D eigenvalue weighted by molar-refractivity contribution is -0.140. The van der Waals surface area contributed by atoms with Crippen molar-refractivity contribution in [3.63, 3.8) is 0 Å². The zero-order valence-electron chi connectivity index (χ0n) is 14.1. The Bertz CT molecular complexity index is 631. The van der Waals surface area contributed by atoms with E-state index in [2.05, 4.69) is 20.6 Å². The summed E-state index contributed by atoms with van der Waals surface area (Å²) in [5.74, 6) is -0.207. The fraction of sp³-hybridized carbons (Fsp3) is 0.389. The van der Waals surface area contributed by atoms with Gasteiger partial charge in [-0.3, -0.25) is 10.1 Å². The number of benzene rings is 1. The highest BCUT2D eigenvalue weighted by atomic mass is 16.4. The van der Waals surface area contributed by atoms with Gasteiger partial charge in [0.15, 0.2) is 0 Å². The molecule has 0 saturated carbocycles. The predicted molar refractivity (Wildman–Crippen MR) is 93.5 cm³/mol. The summed E-state index contributed by atoms with van der Waals surface area (Å²) in [6, 6.07) is 9.46. The summed E-state index contributed by atoms with van der Waals surface area (Å²) < 4.78 is 0. The average molecular weight is 328 g/mol. The van der Waals surface area contributed by atoms with E-state index >= 15 is 0 Å². The molecule has 0 amide bonds. The van der Waals surface area contributed by atoms with E-state index in [1.165, 1.54) is 0 Å². The lowest BCUT2D eigenvalue weighted by Gasteiger charge is -2.20. The van der Waals surface area contributed by atoms with Crippen molar-refractivity contribution in [3.8, 4) is 0 Å². The number of nitrogens with zero attached hydrogens (tertiary/aromatic N) is 2. The second-order valence-corrected chi connectivity index (χ2v) is 5.84. The van der Waals surface area contributed by atoms with E-state index in [0.717, 1.165) is 17.5 Å². The summed E-state index contributed by atoms with van der Waals surface area (Å²) in [5.41, 5.74) is 2.01. The van der Waals surface area contributed by atoms with Crippen molar-refractivity contribution < 1.29 is 9.90 Å². The summed E-state index contributed by atoms with van der Waals surface area (Å²) in [5, 5.41) is 15.5. The lowest BCUT2D eigenvalue weighted by atomic mass is 9.99. The van der Waals surface area contributed by atoms with Crippen LogP contribution in [0, 0.1) is 5.92 Å². The van der Waals surface area contributed by atoms with Crippen LogP contribution in [-0.2, 0) is 17.9 Å². The molecule has 6 nitrogen and oxygen atoms in total. The molecule has 0 fully saturated rings. The Morgan fingerprint density at radius 3 is 2.38 bits per heavy atom. The minimum Gasteiger partial charge on any atom is -0.480 e. The maximum Gasteiger partial charge on any atom is 0.320 e. The maximum absolute atomic E-state index is 11.3. The van der Waals surface area contributed by atoms with Crippen molar-refractivity contribution in [1.82, 2.24) is 15.3 Å². The van der Waals surface area contributed by atoms with Crippen LogP contribution in [0.5, 0.6) is 0 Å². The molecule has 0 radical (unpaired) electrons. The molecule has 128 valence electrons. The minimum absolute atomic E-state index is 0.0650. The number of anilines is 1. The molecule has 2 rings (SSSR count). The third kappa shape index (κ3) is 5.31. The van der Waals surface area contributed by atoms with Crippen LogP contribution in [0.25, 0.3) is 0 Å². The second kappa shape index (κ2) is 8.98. The number of hydrogen-bond acceptors (Lipinski definition) is 5. The highest BCUT2D eigenvalue weighted by Crippen LogP contribution is 2.09. The van der Waals surface area contributed by atoms with Gasteiger partial charge in [-0.2, -0.15) is 0 Å². The van der Waals surface area contributed by atoms with Crippen molar-refractivity contribution in [2.75, 3.05) is 5.32 Å². The van der Waals surface area contributed by atoms with Gasteiger partial charge in [0.2, 0.25) is 5.95 Å². The first-order chi connectivity index (χ1) is 11.6. The van der Waals surface area contributed by atoms with Crippen molar-refractivity contribution in [2.45, 2.75) is 39.4 Å². The molecule has 2 atom stereocenters. The summed E-state index contributed by atoms with van der Waals surface area (Å²) in [6.45, 7) is 5.01. The summed E-state index contributed by atoms with van der Waals surface area (Å²) in [4.78, 5) is 19.8. The Hall–Kier alpha value is -2.47. The Kier molecular flexibility index (Phi) is 6.69. The molecule has 0 bridgehead atoms. The Balaban J connectivity index is 1.86. The van der Waals surface area contributed by atoms with Gasteiger partial charge in [-0.25, -0.2) is 9.97 Å². The van der Waals surface area contributed by atoms with Gasteiger partial charge < -0.3 is 10.4 Å². The number of aromatic nitrogens is 2. The molecule has 1 aromatic heterocycles. The number of carbonyl (C=O) groups is 1. The number of carboxylic acid groups (broad SMARTS) is 1. The topological polar surface area (TPSA) is 87.1 Å². The summed E-state index contributed by atoms with van der Waals surface area (Å²) in [7, 11) is 0. The quantitative estimate of drug-likeness (QED) is 0.656. The Morgan fingerprint density at radius 1 is 1.12 bits per heavy atom. The number of rotatable bonds is 9. The maximum atomic E-state index is 11.3. The molecule has 0 saturated heterocycles. The van der Waals surface area contributed by atoms with E-state index in [1.54, 1.807) is 12.4 Å². The molecule has 2 aromatic rings. The van der Waals surface area contributed by atoms with Gasteiger partial charge in [0.25, 0.3) is 0 Å². The van der Waals surface area contributed by atoms with E-state index in [1.807, 2.05) is 44.2 Å². The highest BCUT2D eigenvalue weighted by Gasteiger charge is 2.22. The van der Waals surface area contributed by atoms with Crippen molar-refractivity contribution >= 4 is 11.9 Å². The smallest absolute Gasteiger partial charge is 0.320 e. The van der Waals surface area contributed by atoms with Gasteiger partial charge in [0, 0.05) is 31.0 Å². The van der Waals surface area contributed by atoms with Crippen LogP contribution in [0.1, 0.15) is 31.4 Å². The van der Waals surface area contributed by atoms with E-state index < -0.39 is 12.0 Å². The second-order valence-electron chi connectivity index (χ2n) is 5.84. The molecular formula is C18H24N4O2. The minimum atomic E-state index is -0.827. The normalized spacial score (nSPS) is 13.2. The molecule has 3 N–H and O–H groups in total. The van der Waals surface area contributed by atoms with Crippen molar-refractivity contribution in [1.29, 1.82) is 0 Å². The Morgan fingerprint density at radius 2 is 1.79 bits per heavy atom. The van der Waals surface area contributed by atoms with Crippen LogP contribution in [0.3, 0.4) is 0 Å². The molecule has 24 heavy (non-hydrogen) atoms. The number of nitrogens with one attached hydrogen (secondary N) is 2. The number of aliphatic carboxylic acids is 1. The number of hydrogen-bond donors (Lipinski definition) is 3. The van der Waals surface area contributed by atoms with Gasteiger partial charge >= 0.3 is 5.97 Å². The fourth-order valence-electron chi connectivity index (χ4n) is 2.31. The Labute approximate surface area is 142 Å². The molecule has 6 heteroatoms. The first-order valence-electron chi connectivity index (χ1n) is 8.15. The van der Waals surface area contributed by atoms with E-state index in [4.69, 9.17) is 0 Å². The summed E-state index contributed by atoms with van der Waals surface area (Å²) >= 11 is 0. The van der Waals surface area contributed by atoms with Crippen LogP contribution >= 0.6 is 0 Å².